The molecule has 0 aliphatic rings. The van der Waals surface area contributed by atoms with Crippen LogP contribution in [0.1, 0.15) is 45.6 Å². The molecule has 1 rings (SSSR count). The topological polar surface area (TPSA) is 363 Å². The van der Waals surface area contributed by atoms with Gasteiger partial charge in [-0.15, -0.1) is 0 Å². The highest BCUT2D eigenvalue weighted by molar-refractivity contribution is 7.98. The van der Waals surface area contributed by atoms with Gasteiger partial charge in [0, 0.05) is 13.0 Å². The van der Waals surface area contributed by atoms with Crippen LogP contribution >= 0.6 is 11.8 Å². The molecule has 0 fully saturated rings. The van der Waals surface area contributed by atoms with Gasteiger partial charge in [-0.2, -0.15) is 11.8 Å². The molecule has 16 N–H and O–H groups in total. The van der Waals surface area contributed by atoms with Gasteiger partial charge in [0.1, 0.15) is 42.0 Å². The average Bonchev–Trinajstić information content (AvgIpc) is 3.13. The number of nitrogens with zero attached hydrogens (tertiary/aromatic N) is 1. The van der Waals surface area contributed by atoms with E-state index in [1.807, 2.05) is 0 Å². The average molecular weight is 813 g/mol. The lowest BCUT2D eigenvalue weighted by atomic mass is 10.0. The van der Waals surface area contributed by atoms with E-state index in [0.29, 0.717) is 11.3 Å². The Morgan fingerprint density at radius 1 is 0.786 bits per heavy atom. The monoisotopic (exact) mass is 812 g/mol. The van der Waals surface area contributed by atoms with Gasteiger partial charge in [-0.3, -0.25) is 33.8 Å². The number of amides is 6. The Bertz CT molecular complexity index is 1510. The second-order valence-electron chi connectivity index (χ2n) is 13.1. The van der Waals surface area contributed by atoms with Crippen molar-refractivity contribution in [3.8, 4) is 5.75 Å². The molecule has 1 aromatic rings. The van der Waals surface area contributed by atoms with Crippen molar-refractivity contribution in [1.29, 1.82) is 0 Å². The number of aliphatic imine (C=N–C) groups is 1. The van der Waals surface area contributed by atoms with Crippen molar-refractivity contribution >= 4 is 59.1 Å². The number of hydrogen-bond donors (Lipinski definition) is 13. The van der Waals surface area contributed by atoms with Gasteiger partial charge < -0.3 is 69.5 Å². The fourth-order valence-electron chi connectivity index (χ4n) is 4.88. The molecule has 21 nitrogen and oxygen atoms in total. The van der Waals surface area contributed by atoms with Crippen LogP contribution in [0.2, 0.25) is 0 Å². The zero-order valence-corrected chi connectivity index (χ0v) is 32.6. The van der Waals surface area contributed by atoms with Crippen molar-refractivity contribution in [2.24, 2.45) is 28.1 Å². The maximum Gasteiger partial charge on any atom is 0.328 e. The number of benzene rings is 1. The third-order valence-corrected chi connectivity index (χ3v) is 8.78. The highest BCUT2D eigenvalue weighted by Crippen LogP contribution is 2.12. The lowest BCUT2D eigenvalue weighted by molar-refractivity contribution is -0.143. The van der Waals surface area contributed by atoms with Crippen LogP contribution in [0.4, 0.5) is 0 Å². The molecule has 22 heteroatoms. The summed E-state index contributed by atoms with van der Waals surface area (Å²) >= 11 is 1.37. The number of carbonyl (C=O) groups excluding carboxylic acids is 6. The van der Waals surface area contributed by atoms with Crippen LogP contribution < -0.4 is 49.1 Å². The summed E-state index contributed by atoms with van der Waals surface area (Å²) in [6, 6.07) is -2.19. The molecule has 314 valence electrons. The summed E-state index contributed by atoms with van der Waals surface area (Å²) in [4.78, 5) is 94.3. The number of aliphatic hydroxyl groups excluding tert-OH is 2. The number of carboxylic acids is 1. The first-order chi connectivity index (χ1) is 26.3. The molecule has 0 saturated carbocycles. The number of hydrogen-bond acceptors (Lipinski definition) is 13. The van der Waals surface area contributed by atoms with Crippen LogP contribution in [0.5, 0.6) is 5.75 Å². The lowest BCUT2D eigenvalue weighted by Crippen LogP contribution is -2.59. The molecule has 0 saturated heterocycles. The molecule has 0 unspecified atom stereocenters. The van der Waals surface area contributed by atoms with E-state index >= 15 is 0 Å². The number of nitrogens with one attached hydrogen (secondary N) is 6. The molecule has 0 heterocycles. The fourth-order valence-corrected chi connectivity index (χ4v) is 5.36. The Hall–Kier alpha value is -5.19. The molecule has 0 spiro atoms. The Morgan fingerprint density at radius 3 is 1.89 bits per heavy atom. The van der Waals surface area contributed by atoms with Crippen LogP contribution in [0.3, 0.4) is 0 Å². The first-order valence-electron chi connectivity index (χ1n) is 17.7. The van der Waals surface area contributed by atoms with Crippen molar-refractivity contribution in [3.63, 3.8) is 0 Å². The number of carboxylic acid groups (broad SMARTS) is 1. The molecule has 0 radical (unpaired) electrons. The van der Waals surface area contributed by atoms with Crippen LogP contribution in [-0.2, 0) is 40.0 Å². The van der Waals surface area contributed by atoms with Crippen molar-refractivity contribution in [1.82, 2.24) is 31.9 Å². The Labute approximate surface area is 328 Å². The Balaban J connectivity index is 3.18. The predicted molar refractivity (Wildman–Crippen MR) is 207 cm³/mol. The summed E-state index contributed by atoms with van der Waals surface area (Å²) < 4.78 is 0. The molecule has 56 heavy (non-hydrogen) atoms. The van der Waals surface area contributed by atoms with Gasteiger partial charge >= 0.3 is 5.97 Å². The SMILES string of the molecule is CSCC[C@H](NC(=O)CNC(=O)[C@H](Cc1ccc(O)cc1)NC(=O)[C@@H](N)[C@@H](C)O)C(=O)N[C@@H](CCCN=C(N)N)C(=O)N[C@H](C(=O)N[C@@H](CO)C(=O)O)C(C)C. The minimum Gasteiger partial charge on any atom is -0.508 e. The number of rotatable bonds is 25. The van der Waals surface area contributed by atoms with Gasteiger partial charge in [0.25, 0.3) is 0 Å². The fraction of sp³-hybridized carbons (Fsp3) is 0.588. The number of phenols is 1. The highest BCUT2D eigenvalue weighted by Gasteiger charge is 2.33. The van der Waals surface area contributed by atoms with E-state index in [2.05, 4.69) is 36.9 Å². The second kappa shape index (κ2) is 25.1. The maximum absolute atomic E-state index is 13.6. The van der Waals surface area contributed by atoms with E-state index < -0.39 is 103 Å². The Kier molecular flexibility index (Phi) is 21.9. The number of aliphatic hydroxyl groups is 2. The van der Waals surface area contributed by atoms with Crippen molar-refractivity contribution in [2.75, 3.05) is 31.7 Å². The maximum atomic E-state index is 13.6. The summed E-state index contributed by atoms with van der Waals surface area (Å²) in [5.74, 6) is -6.78. The molecular weight excluding hydrogens is 756 g/mol. The second-order valence-corrected chi connectivity index (χ2v) is 14.1. The van der Waals surface area contributed by atoms with Crippen LogP contribution in [0.25, 0.3) is 0 Å². The van der Waals surface area contributed by atoms with E-state index in [1.165, 1.54) is 43.0 Å². The lowest BCUT2D eigenvalue weighted by Gasteiger charge is -2.27. The Morgan fingerprint density at radius 2 is 1.36 bits per heavy atom. The quantitative estimate of drug-likeness (QED) is 0.0253. The number of thioether (sulfide) groups is 1. The van der Waals surface area contributed by atoms with Crippen molar-refractivity contribution < 1.29 is 54.0 Å². The summed E-state index contributed by atoms with van der Waals surface area (Å²) in [7, 11) is 0. The molecule has 7 atom stereocenters. The normalized spacial score (nSPS) is 14.7. The number of guanidine groups is 1. The van der Waals surface area contributed by atoms with Gasteiger partial charge in [0.15, 0.2) is 5.96 Å². The zero-order valence-electron chi connectivity index (χ0n) is 31.8. The van der Waals surface area contributed by atoms with Crippen LogP contribution in [0.15, 0.2) is 29.3 Å². The first-order valence-corrected chi connectivity index (χ1v) is 19.1. The molecule has 0 aromatic heterocycles. The molecule has 1 aromatic carbocycles. The minimum absolute atomic E-state index is 0.0263. The summed E-state index contributed by atoms with van der Waals surface area (Å²) in [6.07, 6.45) is 0.732. The summed E-state index contributed by atoms with van der Waals surface area (Å²) in [5.41, 5.74) is 17.1. The molecule has 0 bridgehead atoms. The molecule has 6 amide bonds. The number of carbonyl (C=O) groups is 7. The van der Waals surface area contributed by atoms with E-state index in [4.69, 9.17) is 17.2 Å². The van der Waals surface area contributed by atoms with E-state index in [9.17, 15) is 54.0 Å². The van der Waals surface area contributed by atoms with Gasteiger partial charge in [0.05, 0.1) is 19.3 Å². The third kappa shape index (κ3) is 18.0. The predicted octanol–water partition coefficient (Wildman–Crippen LogP) is -4.28. The smallest absolute Gasteiger partial charge is 0.328 e. The van der Waals surface area contributed by atoms with E-state index in [1.54, 1.807) is 20.1 Å². The third-order valence-electron chi connectivity index (χ3n) is 8.14. The van der Waals surface area contributed by atoms with Gasteiger partial charge in [-0.25, -0.2) is 4.79 Å². The minimum atomic E-state index is -1.63. The van der Waals surface area contributed by atoms with Crippen LogP contribution in [0, 0.1) is 5.92 Å². The first kappa shape index (κ1) is 48.8. The number of phenolic OH excluding ortho intramolecular Hbond substituents is 1. The molecule has 0 aliphatic heterocycles. The molecular formula is C34H56N10O11S. The standard InChI is InChI=1S/C34H56N10O11S/c1-17(2)27(32(53)43-24(16-45)33(54)55)44-30(51)21(6-5-12-38-34(36)37)41-29(50)22(11-13-56-4)40-25(48)15-39-28(49)23(42-31(52)26(35)18(3)46)14-19-7-9-20(47)10-8-19/h7-10,17-18,21-24,26-27,45-47H,5-6,11-16,35H2,1-4H3,(H,39,49)(H,40,48)(H,41,50)(H,42,52)(H,43,53)(H,44,51)(H,54,55)(H4,36,37,38)/t18-,21+,22+,23+,24+,26+,27+/m1/s1. The largest absolute Gasteiger partial charge is 0.508 e. The van der Waals surface area contributed by atoms with Crippen molar-refractivity contribution in [2.45, 2.75) is 88.8 Å². The summed E-state index contributed by atoms with van der Waals surface area (Å²) in [5, 5.41) is 52.6. The van der Waals surface area contributed by atoms with Gasteiger partial charge in [-0.05, 0) is 61.8 Å². The molecule has 0 aliphatic carbocycles. The van der Waals surface area contributed by atoms with Crippen LogP contribution in [-0.4, -0.2) is 142 Å². The van der Waals surface area contributed by atoms with E-state index in [-0.39, 0.29) is 43.9 Å². The van der Waals surface area contributed by atoms with Crippen molar-refractivity contribution in [3.05, 3.63) is 29.8 Å². The number of aliphatic carboxylic acids is 1. The number of nitrogens with two attached hydrogens (primary N) is 3. The zero-order chi connectivity index (χ0) is 42.5. The highest BCUT2D eigenvalue weighted by atomic mass is 32.2. The van der Waals surface area contributed by atoms with Gasteiger partial charge in [-0.1, -0.05) is 26.0 Å². The number of aromatic hydroxyl groups is 1. The summed E-state index contributed by atoms with van der Waals surface area (Å²) in [6.45, 7) is 3.03. The van der Waals surface area contributed by atoms with Gasteiger partial charge in [0.2, 0.25) is 35.4 Å². The van der Waals surface area contributed by atoms with E-state index in [0.717, 1.165) is 0 Å².